The largest absolute Gasteiger partial charge is 0.500 e. The predicted octanol–water partition coefficient (Wildman–Crippen LogP) is 3.35. The van der Waals surface area contributed by atoms with Crippen molar-refractivity contribution in [1.82, 2.24) is 5.48 Å². The van der Waals surface area contributed by atoms with Crippen LogP contribution in [0.4, 0.5) is 0 Å². The number of hydrogen-bond donors (Lipinski definition) is 2. The normalized spacial score (nSPS) is 12.0. The molecule has 5 nitrogen and oxygen atoms in total. The van der Waals surface area contributed by atoms with E-state index in [0.29, 0.717) is 6.54 Å². The van der Waals surface area contributed by atoms with Gasteiger partial charge in [-0.2, -0.15) is 0 Å². The molecule has 20 heavy (non-hydrogen) atoms. The topological polar surface area (TPSA) is 60.0 Å². The third kappa shape index (κ3) is 9.85. The highest BCUT2D eigenvalue weighted by Gasteiger charge is 2.36. The van der Waals surface area contributed by atoms with Crippen LogP contribution in [0, 0.1) is 0 Å². The number of nitrogens with one attached hydrogen (secondary N) is 1. The van der Waals surface area contributed by atoms with Crippen LogP contribution in [-0.4, -0.2) is 41.9 Å². The second kappa shape index (κ2) is 14.0. The van der Waals surface area contributed by atoms with Crippen LogP contribution >= 0.6 is 0 Å². The average molecular weight is 308 g/mol. The van der Waals surface area contributed by atoms with E-state index in [1.807, 2.05) is 0 Å². The van der Waals surface area contributed by atoms with Crippen LogP contribution in [0.25, 0.3) is 0 Å². The van der Waals surface area contributed by atoms with Crippen molar-refractivity contribution in [3.05, 3.63) is 0 Å². The van der Waals surface area contributed by atoms with Gasteiger partial charge in [-0.25, -0.2) is 5.48 Å². The highest BCUT2D eigenvalue weighted by molar-refractivity contribution is 6.60. The smallest absolute Gasteiger partial charge is 0.377 e. The van der Waals surface area contributed by atoms with Crippen molar-refractivity contribution in [2.24, 2.45) is 0 Å². The molecule has 0 aromatic rings. The van der Waals surface area contributed by atoms with Crippen LogP contribution < -0.4 is 5.48 Å². The molecule has 0 heterocycles. The molecule has 0 spiro atoms. The lowest BCUT2D eigenvalue weighted by molar-refractivity contribution is 0.122. The zero-order valence-corrected chi connectivity index (χ0v) is 14.5. The molecule has 0 saturated heterocycles. The number of hydrogen-bond acceptors (Lipinski definition) is 5. The van der Waals surface area contributed by atoms with Crippen molar-refractivity contribution in [3.63, 3.8) is 0 Å². The Balaban J connectivity index is 3.32. The van der Waals surface area contributed by atoms with Gasteiger partial charge in [-0.05, 0) is 12.8 Å². The van der Waals surface area contributed by atoms with E-state index in [4.69, 9.17) is 18.5 Å². The summed E-state index contributed by atoms with van der Waals surface area (Å²) in [4.78, 5) is 0. The molecule has 0 amide bonds. The molecule has 0 saturated carbocycles. The summed E-state index contributed by atoms with van der Waals surface area (Å²) in [6.45, 7) is 0.712. The first-order valence-electron chi connectivity index (χ1n) is 7.77. The van der Waals surface area contributed by atoms with Gasteiger partial charge >= 0.3 is 8.80 Å². The molecule has 0 radical (unpaired) electrons. The molecule has 0 aliphatic heterocycles. The van der Waals surface area contributed by atoms with Gasteiger partial charge in [0.1, 0.15) is 0 Å². The molecule has 0 fully saturated rings. The highest BCUT2D eigenvalue weighted by Crippen LogP contribution is 2.18. The van der Waals surface area contributed by atoms with E-state index in [1.54, 1.807) is 21.3 Å². The van der Waals surface area contributed by atoms with Gasteiger partial charge in [0.25, 0.3) is 0 Å². The lowest BCUT2D eigenvalue weighted by Gasteiger charge is -2.24. The molecule has 6 heteroatoms. The van der Waals surface area contributed by atoms with Gasteiger partial charge in [0.2, 0.25) is 0 Å². The molecule has 122 valence electrons. The van der Waals surface area contributed by atoms with Crippen LogP contribution in [0.1, 0.15) is 57.8 Å². The Kier molecular flexibility index (Phi) is 14.0. The van der Waals surface area contributed by atoms with E-state index in [2.05, 4.69) is 5.48 Å². The monoisotopic (exact) mass is 307 g/mol. The third-order valence-corrected chi connectivity index (χ3v) is 6.54. The van der Waals surface area contributed by atoms with E-state index in [-0.39, 0.29) is 0 Å². The summed E-state index contributed by atoms with van der Waals surface area (Å²) in [5.41, 5.74) is 2.19. The summed E-state index contributed by atoms with van der Waals surface area (Å²) in [6.07, 6.45) is 11.1. The highest BCUT2D eigenvalue weighted by atomic mass is 28.4. The second-order valence-electron chi connectivity index (χ2n) is 5.14. The van der Waals surface area contributed by atoms with Gasteiger partial charge in [-0.15, -0.1) is 0 Å². The Morgan fingerprint density at radius 1 is 0.700 bits per heavy atom. The van der Waals surface area contributed by atoms with E-state index in [9.17, 15) is 0 Å². The molecule has 0 unspecified atom stereocenters. The molecular weight excluding hydrogens is 274 g/mol. The number of unbranched alkanes of at least 4 members (excludes halogenated alkanes) is 8. The summed E-state index contributed by atoms with van der Waals surface area (Å²) in [5.74, 6) is 0. The first-order valence-corrected chi connectivity index (χ1v) is 9.70. The molecule has 0 aromatic heterocycles. The van der Waals surface area contributed by atoms with Crippen molar-refractivity contribution in [2.75, 3.05) is 27.9 Å². The minimum Gasteiger partial charge on any atom is -0.377 e. The standard InChI is InChI=1S/C14H33NO4Si/c1-17-20(18-2,19-3)14-12-10-8-6-4-5-7-9-11-13-15-16/h15-16H,4-14H2,1-3H3. The van der Waals surface area contributed by atoms with Gasteiger partial charge in [-0.3, -0.25) is 0 Å². The van der Waals surface area contributed by atoms with Crippen LogP contribution in [0.5, 0.6) is 0 Å². The van der Waals surface area contributed by atoms with E-state index in [1.165, 1.54) is 44.9 Å². The van der Waals surface area contributed by atoms with Gasteiger partial charge in [0.15, 0.2) is 0 Å². The Morgan fingerprint density at radius 3 is 1.50 bits per heavy atom. The number of rotatable bonds is 15. The van der Waals surface area contributed by atoms with Crippen molar-refractivity contribution in [2.45, 2.75) is 63.8 Å². The summed E-state index contributed by atoms with van der Waals surface area (Å²) >= 11 is 0. The van der Waals surface area contributed by atoms with Gasteiger partial charge in [0, 0.05) is 33.9 Å². The molecule has 0 aliphatic carbocycles. The second-order valence-corrected chi connectivity index (χ2v) is 8.23. The average Bonchev–Trinajstić information content (AvgIpc) is 2.49. The Hall–Kier alpha value is 0.0169. The summed E-state index contributed by atoms with van der Waals surface area (Å²) in [5, 5.41) is 8.43. The SMILES string of the molecule is CO[Si](CCCCCCCCCCCNO)(OC)OC. The number of hydroxylamine groups is 1. The first-order chi connectivity index (χ1) is 9.74. The zero-order valence-electron chi connectivity index (χ0n) is 13.5. The fourth-order valence-electron chi connectivity index (χ4n) is 2.34. The Labute approximate surface area is 125 Å². The van der Waals surface area contributed by atoms with Crippen LogP contribution in [-0.2, 0) is 13.3 Å². The molecular formula is C14H33NO4Si. The molecule has 0 atom stereocenters. The van der Waals surface area contributed by atoms with E-state index < -0.39 is 8.80 Å². The fourth-order valence-corrected chi connectivity index (χ4v) is 4.13. The maximum absolute atomic E-state index is 8.43. The minimum absolute atomic E-state index is 0.712. The van der Waals surface area contributed by atoms with Crippen LogP contribution in [0.2, 0.25) is 6.04 Å². The van der Waals surface area contributed by atoms with Crippen LogP contribution in [0.15, 0.2) is 0 Å². The first kappa shape index (κ1) is 20.0. The summed E-state index contributed by atoms with van der Waals surface area (Å²) < 4.78 is 16.2. The maximum Gasteiger partial charge on any atom is 0.500 e. The quantitative estimate of drug-likeness (QED) is 0.276. The summed E-state index contributed by atoms with van der Waals surface area (Å²) in [6, 6.07) is 0.907. The van der Waals surface area contributed by atoms with E-state index in [0.717, 1.165) is 18.9 Å². The molecule has 0 aromatic carbocycles. The minimum atomic E-state index is -2.34. The lowest BCUT2D eigenvalue weighted by Crippen LogP contribution is -2.42. The predicted molar refractivity (Wildman–Crippen MR) is 82.9 cm³/mol. The van der Waals surface area contributed by atoms with Gasteiger partial charge in [-0.1, -0.05) is 44.9 Å². The van der Waals surface area contributed by atoms with Crippen molar-refractivity contribution < 1.29 is 18.5 Å². The van der Waals surface area contributed by atoms with Crippen LogP contribution in [0.3, 0.4) is 0 Å². The van der Waals surface area contributed by atoms with Crippen molar-refractivity contribution in [3.8, 4) is 0 Å². The molecule has 0 aliphatic rings. The van der Waals surface area contributed by atoms with Gasteiger partial charge in [0.05, 0.1) is 0 Å². The fraction of sp³-hybridized carbons (Fsp3) is 1.00. The van der Waals surface area contributed by atoms with Crippen molar-refractivity contribution >= 4 is 8.80 Å². The summed E-state index contributed by atoms with van der Waals surface area (Å²) in [7, 11) is 2.68. The zero-order chi connectivity index (χ0) is 15.1. The molecule has 2 N–H and O–H groups in total. The Bertz CT molecular complexity index is 195. The van der Waals surface area contributed by atoms with Gasteiger partial charge < -0.3 is 18.5 Å². The third-order valence-electron chi connectivity index (χ3n) is 3.70. The van der Waals surface area contributed by atoms with Crippen molar-refractivity contribution in [1.29, 1.82) is 0 Å². The Morgan fingerprint density at radius 2 is 1.10 bits per heavy atom. The van der Waals surface area contributed by atoms with E-state index >= 15 is 0 Å². The molecule has 0 bridgehead atoms. The lowest BCUT2D eigenvalue weighted by atomic mass is 10.1. The maximum atomic E-state index is 8.43. The molecule has 0 rings (SSSR count).